The molecule has 0 fully saturated rings. The van der Waals surface area contributed by atoms with E-state index in [1.807, 2.05) is 30.8 Å². The highest BCUT2D eigenvalue weighted by atomic mass is 16.5. The van der Waals surface area contributed by atoms with E-state index in [1.54, 1.807) is 18.3 Å². The number of esters is 1. The molecule has 0 saturated heterocycles. The van der Waals surface area contributed by atoms with Gasteiger partial charge in [0.2, 0.25) is 0 Å². The first-order chi connectivity index (χ1) is 9.11. The van der Waals surface area contributed by atoms with Crippen molar-refractivity contribution in [3.05, 3.63) is 47.3 Å². The molecule has 2 aromatic rings. The Kier molecular flexibility index (Phi) is 3.85. The molecule has 0 aliphatic carbocycles. The molecule has 1 aromatic carbocycles. The summed E-state index contributed by atoms with van der Waals surface area (Å²) in [6.07, 6.45) is 1.76. The minimum atomic E-state index is -0.330. The molecule has 2 rings (SSSR count). The lowest BCUT2D eigenvalue weighted by molar-refractivity contribution is 0.0601. The van der Waals surface area contributed by atoms with Crippen LogP contribution in [0.3, 0.4) is 0 Å². The van der Waals surface area contributed by atoms with Gasteiger partial charge in [-0.25, -0.2) is 4.79 Å². The van der Waals surface area contributed by atoms with E-state index in [0.717, 1.165) is 16.9 Å². The number of nitrogens with zero attached hydrogens (tertiary/aromatic N) is 2. The second kappa shape index (κ2) is 5.56. The number of ether oxygens (including phenoxy) is 1. The van der Waals surface area contributed by atoms with Gasteiger partial charge in [0.25, 0.3) is 0 Å². The van der Waals surface area contributed by atoms with E-state index in [0.29, 0.717) is 12.1 Å². The third-order valence-electron chi connectivity index (χ3n) is 3.04. The van der Waals surface area contributed by atoms with Gasteiger partial charge in [-0.2, -0.15) is 5.10 Å². The van der Waals surface area contributed by atoms with Crippen LogP contribution >= 0.6 is 0 Å². The smallest absolute Gasteiger partial charge is 0.337 e. The van der Waals surface area contributed by atoms with E-state index < -0.39 is 0 Å². The van der Waals surface area contributed by atoms with E-state index in [4.69, 9.17) is 4.74 Å². The zero-order chi connectivity index (χ0) is 13.8. The lowest BCUT2D eigenvalue weighted by atomic mass is 10.1. The molecule has 1 N–H and O–H groups in total. The predicted molar refractivity (Wildman–Crippen MR) is 73.1 cm³/mol. The molecule has 1 heterocycles. The molecule has 0 unspecified atom stereocenters. The summed E-state index contributed by atoms with van der Waals surface area (Å²) in [6.45, 7) is 2.65. The molecule has 0 radical (unpaired) electrons. The van der Waals surface area contributed by atoms with E-state index in [2.05, 4.69) is 10.4 Å². The summed E-state index contributed by atoms with van der Waals surface area (Å²) in [4.78, 5) is 11.5. The molecule has 0 aliphatic heterocycles. The summed E-state index contributed by atoms with van der Waals surface area (Å²) >= 11 is 0. The molecule has 100 valence electrons. The normalized spacial score (nSPS) is 10.3. The highest BCUT2D eigenvalue weighted by Gasteiger charge is 2.08. The van der Waals surface area contributed by atoms with E-state index in [9.17, 15) is 4.79 Å². The van der Waals surface area contributed by atoms with Gasteiger partial charge in [0.05, 0.1) is 24.9 Å². The summed E-state index contributed by atoms with van der Waals surface area (Å²) in [5, 5.41) is 7.42. The van der Waals surface area contributed by atoms with Gasteiger partial charge in [-0.05, 0) is 30.7 Å². The van der Waals surface area contributed by atoms with Crippen molar-refractivity contribution in [2.75, 3.05) is 12.4 Å². The summed E-state index contributed by atoms with van der Waals surface area (Å²) in [7, 11) is 3.28. The van der Waals surface area contributed by atoms with Crippen LogP contribution in [0.5, 0.6) is 0 Å². The maximum absolute atomic E-state index is 11.5. The Morgan fingerprint density at radius 1 is 1.42 bits per heavy atom. The number of benzene rings is 1. The third kappa shape index (κ3) is 2.93. The second-order valence-electron chi connectivity index (χ2n) is 4.32. The SMILES string of the molecule is COC(=O)c1ccc(C)c(NCc2ccnn2C)c1. The first-order valence-corrected chi connectivity index (χ1v) is 6.01. The van der Waals surface area contributed by atoms with Gasteiger partial charge < -0.3 is 10.1 Å². The number of anilines is 1. The number of rotatable bonds is 4. The van der Waals surface area contributed by atoms with Crippen molar-refractivity contribution in [1.29, 1.82) is 0 Å². The van der Waals surface area contributed by atoms with Gasteiger partial charge in [0, 0.05) is 18.9 Å². The summed E-state index contributed by atoms with van der Waals surface area (Å²) in [5.74, 6) is -0.330. The van der Waals surface area contributed by atoms with Crippen LogP contribution in [0.25, 0.3) is 0 Å². The number of hydrogen-bond donors (Lipinski definition) is 1. The van der Waals surface area contributed by atoms with Crippen molar-refractivity contribution in [3.63, 3.8) is 0 Å². The lowest BCUT2D eigenvalue weighted by Gasteiger charge is -2.11. The number of aryl methyl sites for hydroxylation is 2. The molecule has 0 bridgehead atoms. The Morgan fingerprint density at radius 3 is 2.84 bits per heavy atom. The van der Waals surface area contributed by atoms with Gasteiger partial charge in [-0.15, -0.1) is 0 Å². The fourth-order valence-electron chi connectivity index (χ4n) is 1.82. The van der Waals surface area contributed by atoms with Gasteiger partial charge >= 0.3 is 5.97 Å². The number of methoxy groups -OCH3 is 1. The number of nitrogens with one attached hydrogen (secondary N) is 1. The Hall–Kier alpha value is -2.30. The van der Waals surface area contributed by atoms with Crippen LogP contribution in [0.2, 0.25) is 0 Å². The largest absolute Gasteiger partial charge is 0.465 e. The van der Waals surface area contributed by atoms with E-state index >= 15 is 0 Å². The van der Waals surface area contributed by atoms with Gasteiger partial charge in [-0.1, -0.05) is 6.07 Å². The number of hydrogen-bond acceptors (Lipinski definition) is 4. The first kappa shape index (κ1) is 13.1. The summed E-state index contributed by atoms with van der Waals surface area (Å²) < 4.78 is 6.53. The van der Waals surface area contributed by atoms with Crippen molar-refractivity contribution in [1.82, 2.24) is 9.78 Å². The van der Waals surface area contributed by atoms with Crippen molar-refractivity contribution in [3.8, 4) is 0 Å². The van der Waals surface area contributed by atoms with Crippen LogP contribution in [0.4, 0.5) is 5.69 Å². The molecule has 0 amide bonds. The van der Waals surface area contributed by atoms with Crippen molar-refractivity contribution < 1.29 is 9.53 Å². The molecule has 1 aromatic heterocycles. The molecule has 19 heavy (non-hydrogen) atoms. The minimum absolute atomic E-state index is 0.330. The Labute approximate surface area is 112 Å². The molecule has 5 nitrogen and oxygen atoms in total. The van der Waals surface area contributed by atoms with Crippen LogP contribution in [-0.2, 0) is 18.3 Å². The highest BCUT2D eigenvalue weighted by molar-refractivity contribution is 5.90. The molecule has 5 heteroatoms. The van der Waals surface area contributed by atoms with Gasteiger partial charge in [0.1, 0.15) is 0 Å². The number of aromatic nitrogens is 2. The molecule has 0 spiro atoms. The molecule has 0 saturated carbocycles. The third-order valence-corrected chi connectivity index (χ3v) is 3.04. The number of carbonyl (C=O) groups excluding carboxylic acids is 1. The fourth-order valence-corrected chi connectivity index (χ4v) is 1.82. The zero-order valence-electron chi connectivity index (χ0n) is 11.3. The standard InChI is InChI=1S/C14H17N3O2/c1-10-4-5-11(14(18)19-3)8-13(10)15-9-12-6-7-16-17(12)2/h4-8,15H,9H2,1-3H3. The van der Waals surface area contributed by atoms with Gasteiger partial charge in [-0.3, -0.25) is 4.68 Å². The van der Waals surface area contributed by atoms with E-state index in [-0.39, 0.29) is 5.97 Å². The van der Waals surface area contributed by atoms with Crippen LogP contribution in [0.1, 0.15) is 21.6 Å². The summed E-state index contributed by atoms with van der Waals surface area (Å²) in [6, 6.07) is 7.41. The monoisotopic (exact) mass is 259 g/mol. The molecule has 0 atom stereocenters. The van der Waals surface area contributed by atoms with Crippen LogP contribution in [0.15, 0.2) is 30.5 Å². The van der Waals surface area contributed by atoms with Crippen LogP contribution in [-0.4, -0.2) is 22.9 Å². The topological polar surface area (TPSA) is 56.1 Å². The van der Waals surface area contributed by atoms with Crippen LogP contribution in [0, 0.1) is 6.92 Å². The lowest BCUT2D eigenvalue weighted by Crippen LogP contribution is -2.08. The average Bonchev–Trinajstić information content (AvgIpc) is 2.82. The fraction of sp³-hybridized carbons (Fsp3) is 0.286. The van der Waals surface area contributed by atoms with Crippen molar-refractivity contribution in [2.45, 2.75) is 13.5 Å². The number of carbonyl (C=O) groups is 1. The Bertz CT molecular complexity index is 590. The summed E-state index contributed by atoms with van der Waals surface area (Å²) in [5.41, 5.74) is 3.61. The molecular weight excluding hydrogens is 242 g/mol. The maximum Gasteiger partial charge on any atom is 0.337 e. The molecular formula is C14H17N3O2. The average molecular weight is 259 g/mol. The van der Waals surface area contributed by atoms with Crippen molar-refractivity contribution in [2.24, 2.45) is 7.05 Å². The maximum atomic E-state index is 11.5. The minimum Gasteiger partial charge on any atom is -0.465 e. The van der Waals surface area contributed by atoms with Crippen LogP contribution < -0.4 is 5.32 Å². The first-order valence-electron chi connectivity index (χ1n) is 6.01. The highest BCUT2D eigenvalue weighted by Crippen LogP contribution is 2.18. The second-order valence-corrected chi connectivity index (χ2v) is 4.32. The Morgan fingerprint density at radius 2 is 2.21 bits per heavy atom. The Balaban J connectivity index is 2.15. The quantitative estimate of drug-likeness (QED) is 0.855. The predicted octanol–water partition coefficient (Wildman–Crippen LogP) is 2.13. The zero-order valence-corrected chi connectivity index (χ0v) is 11.3. The van der Waals surface area contributed by atoms with E-state index in [1.165, 1.54) is 7.11 Å². The van der Waals surface area contributed by atoms with Gasteiger partial charge in [0.15, 0.2) is 0 Å². The molecule has 0 aliphatic rings. The van der Waals surface area contributed by atoms with Crippen molar-refractivity contribution >= 4 is 11.7 Å².